The van der Waals surface area contributed by atoms with Crippen LogP contribution in [-0.4, -0.2) is 69.0 Å². The van der Waals surface area contributed by atoms with E-state index in [-0.39, 0.29) is 12.5 Å². The number of carbonyl (C=O) groups excluding carboxylic acids is 1. The molecule has 2 N–H and O–H groups in total. The van der Waals surface area contributed by atoms with Gasteiger partial charge in [0.2, 0.25) is 11.9 Å². The Bertz CT molecular complexity index is 491. The zero-order valence-electron chi connectivity index (χ0n) is 13.1. The molecule has 0 bridgehead atoms. The summed E-state index contributed by atoms with van der Waals surface area (Å²) in [5.41, 5.74) is 0.905. The molecule has 8 nitrogen and oxygen atoms in total. The molecule has 0 spiro atoms. The largest absolute Gasteiger partial charge is 0.378 e. The summed E-state index contributed by atoms with van der Waals surface area (Å²) in [6.45, 7) is 6.17. The van der Waals surface area contributed by atoms with E-state index in [1.807, 2.05) is 13.0 Å². The van der Waals surface area contributed by atoms with Gasteiger partial charge >= 0.3 is 0 Å². The molecule has 1 saturated heterocycles. The number of rotatable bonds is 7. The van der Waals surface area contributed by atoms with E-state index in [2.05, 4.69) is 25.5 Å². The van der Waals surface area contributed by atoms with Gasteiger partial charge in [0.1, 0.15) is 12.4 Å². The molecule has 0 saturated carbocycles. The Labute approximate surface area is 130 Å². The van der Waals surface area contributed by atoms with Gasteiger partial charge < -0.3 is 25.0 Å². The maximum Gasteiger partial charge on any atom is 0.246 e. The fourth-order valence-electron chi connectivity index (χ4n) is 2.14. The minimum Gasteiger partial charge on any atom is -0.378 e. The highest BCUT2D eigenvalue weighted by molar-refractivity contribution is 5.77. The third kappa shape index (κ3) is 5.12. The highest BCUT2D eigenvalue weighted by Gasteiger charge is 2.14. The number of morpholine rings is 1. The van der Waals surface area contributed by atoms with Crippen LogP contribution in [-0.2, 0) is 14.3 Å². The standard InChI is InChI=1S/C14H23N5O3/c1-11-9-12(19-5-7-22-8-6-19)18-14(17-11)16-4-3-15-13(20)10-21-2/h9H,3-8,10H2,1-2H3,(H,15,20)(H,16,17,18). The molecule has 1 aromatic rings. The number of hydrogen-bond donors (Lipinski definition) is 2. The number of aromatic nitrogens is 2. The van der Waals surface area contributed by atoms with Crippen molar-refractivity contribution < 1.29 is 14.3 Å². The van der Waals surface area contributed by atoms with E-state index in [9.17, 15) is 4.79 Å². The number of aryl methyl sites for hydroxylation is 1. The van der Waals surface area contributed by atoms with Crippen LogP contribution in [0, 0.1) is 6.92 Å². The minimum atomic E-state index is -0.136. The Balaban J connectivity index is 1.85. The van der Waals surface area contributed by atoms with Crippen LogP contribution in [0.5, 0.6) is 0 Å². The van der Waals surface area contributed by atoms with Crippen LogP contribution in [0.2, 0.25) is 0 Å². The second kappa shape index (κ2) is 8.50. The Kier molecular flexibility index (Phi) is 6.35. The van der Waals surface area contributed by atoms with E-state index in [1.54, 1.807) is 0 Å². The molecule has 2 rings (SSSR count). The van der Waals surface area contributed by atoms with Gasteiger partial charge in [0.05, 0.1) is 13.2 Å². The van der Waals surface area contributed by atoms with Crippen LogP contribution in [0.4, 0.5) is 11.8 Å². The van der Waals surface area contributed by atoms with Gasteiger partial charge in [-0.3, -0.25) is 4.79 Å². The molecule has 1 aromatic heterocycles. The van der Waals surface area contributed by atoms with E-state index >= 15 is 0 Å². The number of carbonyl (C=O) groups is 1. The van der Waals surface area contributed by atoms with Crippen molar-refractivity contribution in [2.75, 3.05) is 63.3 Å². The maximum absolute atomic E-state index is 11.3. The Morgan fingerprint density at radius 2 is 2.14 bits per heavy atom. The van der Waals surface area contributed by atoms with E-state index in [4.69, 9.17) is 9.47 Å². The van der Waals surface area contributed by atoms with Crippen LogP contribution in [0.3, 0.4) is 0 Å². The average molecular weight is 309 g/mol. The number of anilines is 2. The highest BCUT2D eigenvalue weighted by atomic mass is 16.5. The molecule has 22 heavy (non-hydrogen) atoms. The molecule has 2 heterocycles. The maximum atomic E-state index is 11.3. The molecular formula is C14H23N5O3. The van der Waals surface area contributed by atoms with Gasteiger partial charge in [-0.05, 0) is 6.92 Å². The Hall–Kier alpha value is -1.93. The van der Waals surface area contributed by atoms with Crippen LogP contribution in [0.15, 0.2) is 6.07 Å². The normalized spacial score (nSPS) is 14.7. The molecule has 0 atom stereocenters. The van der Waals surface area contributed by atoms with Gasteiger partial charge in [0.15, 0.2) is 0 Å². The number of amides is 1. The molecule has 0 radical (unpaired) electrons. The number of ether oxygens (including phenoxy) is 2. The first kappa shape index (κ1) is 16.4. The summed E-state index contributed by atoms with van der Waals surface area (Å²) in [5, 5.41) is 5.86. The summed E-state index contributed by atoms with van der Waals surface area (Å²) in [6.07, 6.45) is 0. The summed E-state index contributed by atoms with van der Waals surface area (Å²) in [4.78, 5) is 22.3. The molecule has 0 aromatic carbocycles. The van der Waals surface area contributed by atoms with Gasteiger partial charge in [0, 0.05) is 45.0 Å². The van der Waals surface area contributed by atoms with Crippen molar-refractivity contribution >= 4 is 17.7 Å². The summed E-state index contributed by atoms with van der Waals surface area (Å²) in [5.74, 6) is 1.34. The summed E-state index contributed by atoms with van der Waals surface area (Å²) < 4.78 is 10.1. The van der Waals surface area contributed by atoms with Gasteiger partial charge in [-0.2, -0.15) is 4.98 Å². The quantitative estimate of drug-likeness (QED) is 0.674. The predicted octanol–water partition coefficient (Wildman–Crippen LogP) is -0.204. The van der Waals surface area contributed by atoms with Gasteiger partial charge in [-0.25, -0.2) is 4.98 Å². The first-order valence-corrected chi connectivity index (χ1v) is 7.37. The Morgan fingerprint density at radius 3 is 2.86 bits per heavy atom. The van der Waals surface area contributed by atoms with Crippen molar-refractivity contribution in [3.63, 3.8) is 0 Å². The molecule has 1 fully saturated rings. The SMILES string of the molecule is COCC(=O)NCCNc1nc(C)cc(N2CCOCC2)n1. The van der Waals surface area contributed by atoms with Crippen molar-refractivity contribution in [1.29, 1.82) is 0 Å². The summed E-state index contributed by atoms with van der Waals surface area (Å²) in [6, 6.07) is 1.97. The van der Waals surface area contributed by atoms with Crippen LogP contribution in [0.1, 0.15) is 5.69 Å². The topological polar surface area (TPSA) is 88.6 Å². The smallest absolute Gasteiger partial charge is 0.246 e. The van der Waals surface area contributed by atoms with E-state index in [0.29, 0.717) is 19.0 Å². The molecule has 8 heteroatoms. The minimum absolute atomic E-state index is 0.0716. The Morgan fingerprint density at radius 1 is 1.36 bits per heavy atom. The molecular weight excluding hydrogens is 286 g/mol. The molecule has 0 aliphatic carbocycles. The predicted molar refractivity (Wildman–Crippen MR) is 83.2 cm³/mol. The molecule has 1 aliphatic rings. The monoisotopic (exact) mass is 309 g/mol. The van der Waals surface area contributed by atoms with Crippen molar-refractivity contribution in [2.24, 2.45) is 0 Å². The van der Waals surface area contributed by atoms with Crippen molar-refractivity contribution in [1.82, 2.24) is 15.3 Å². The van der Waals surface area contributed by atoms with Crippen LogP contribution < -0.4 is 15.5 Å². The number of hydrogen-bond acceptors (Lipinski definition) is 7. The van der Waals surface area contributed by atoms with E-state index in [1.165, 1.54) is 7.11 Å². The lowest BCUT2D eigenvalue weighted by molar-refractivity contribution is -0.124. The third-order valence-corrected chi connectivity index (χ3v) is 3.18. The zero-order chi connectivity index (χ0) is 15.8. The van der Waals surface area contributed by atoms with Gasteiger partial charge in [0.25, 0.3) is 0 Å². The fraction of sp³-hybridized carbons (Fsp3) is 0.643. The highest BCUT2D eigenvalue weighted by Crippen LogP contribution is 2.15. The first-order chi connectivity index (χ1) is 10.7. The lowest BCUT2D eigenvalue weighted by atomic mass is 10.3. The van der Waals surface area contributed by atoms with Crippen LogP contribution >= 0.6 is 0 Å². The van der Waals surface area contributed by atoms with E-state index in [0.717, 1.165) is 37.8 Å². The fourth-order valence-corrected chi connectivity index (χ4v) is 2.14. The number of methoxy groups -OCH3 is 1. The molecule has 0 unspecified atom stereocenters. The molecule has 122 valence electrons. The van der Waals surface area contributed by atoms with E-state index < -0.39 is 0 Å². The second-order valence-electron chi connectivity index (χ2n) is 5.00. The first-order valence-electron chi connectivity index (χ1n) is 7.37. The van der Waals surface area contributed by atoms with Gasteiger partial charge in [-0.15, -0.1) is 0 Å². The molecule has 1 aliphatic heterocycles. The average Bonchev–Trinajstić information content (AvgIpc) is 2.52. The number of nitrogens with zero attached hydrogens (tertiary/aromatic N) is 3. The van der Waals surface area contributed by atoms with Crippen LogP contribution in [0.25, 0.3) is 0 Å². The lowest BCUT2D eigenvalue weighted by Gasteiger charge is -2.28. The summed E-state index contributed by atoms with van der Waals surface area (Å²) >= 11 is 0. The summed E-state index contributed by atoms with van der Waals surface area (Å²) in [7, 11) is 1.49. The zero-order valence-corrected chi connectivity index (χ0v) is 13.1. The number of nitrogens with one attached hydrogen (secondary N) is 2. The lowest BCUT2D eigenvalue weighted by Crippen LogP contribution is -2.37. The third-order valence-electron chi connectivity index (χ3n) is 3.18. The second-order valence-corrected chi connectivity index (χ2v) is 5.00. The molecule has 1 amide bonds. The van der Waals surface area contributed by atoms with Crippen molar-refractivity contribution in [3.05, 3.63) is 11.8 Å². The van der Waals surface area contributed by atoms with Gasteiger partial charge in [-0.1, -0.05) is 0 Å². The van der Waals surface area contributed by atoms with Crippen molar-refractivity contribution in [2.45, 2.75) is 6.92 Å². The van der Waals surface area contributed by atoms with Crippen molar-refractivity contribution in [3.8, 4) is 0 Å².